The fourth-order valence-electron chi connectivity index (χ4n) is 3.00. The van der Waals surface area contributed by atoms with Crippen molar-refractivity contribution in [1.29, 1.82) is 0 Å². The van der Waals surface area contributed by atoms with Crippen molar-refractivity contribution in [3.05, 3.63) is 42.5 Å². The molecular weight excluding hydrogens is 377 g/mol. The Morgan fingerprint density at radius 1 is 1.29 bits per heavy atom. The fourth-order valence-corrected chi connectivity index (χ4v) is 3.00. The molecule has 10 heteroatoms. The first-order valence-corrected chi connectivity index (χ1v) is 8.74. The normalized spacial score (nSPS) is 17.4. The van der Waals surface area contributed by atoms with Crippen molar-refractivity contribution in [3.63, 3.8) is 0 Å². The lowest BCUT2D eigenvalue weighted by molar-refractivity contribution is -0.153. The lowest BCUT2D eigenvalue weighted by Gasteiger charge is -2.35. The van der Waals surface area contributed by atoms with Gasteiger partial charge in [0.05, 0.1) is 0 Å². The van der Waals surface area contributed by atoms with Crippen LogP contribution >= 0.6 is 0 Å². The number of aromatic nitrogens is 2. The second-order valence-electron chi connectivity index (χ2n) is 6.34. The first-order valence-electron chi connectivity index (χ1n) is 8.74. The number of halogens is 3. The molecule has 28 heavy (non-hydrogen) atoms. The second kappa shape index (κ2) is 8.51. The topological polar surface area (TPSA) is 68.6 Å². The Hall–Kier alpha value is -2.75. The van der Waals surface area contributed by atoms with Crippen molar-refractivity contribution in [2.45, 2.75) is 12.2 Å². The van der Waals surface area contributed by atoms with E-state index in [4.69, 9.17) is 9.47 Å². The zero-order chi connectivity index (χ0) is 20.1. The molecule has 2 heterocycles. The quantitative estimate of drug-likeness (QED) is 0.805. The third kappa shape index (κ3) is 4.94. The molecule has 1 fully saturated rings. The summed E-state index contributed by atoms with van der Waals surface area (Å²) in [6.07, 6.45) is -0.992. The Labute approximate surface area is 160 Å². The van der Waals surface area contributed by atoms with Crippen molar-refractivity contribution in [2.75, 3.05) is 32.8 Å². The molecule has 1 amide bonds. The van der Waals surface area contributed by atoms with Gasteiger partial charge in [0.25, 0.3) is 5.91 Å². The number of carbonyl (C=O) groups excluding carboxylic acids is 1. The molecule has 1 unspecified atom stereocenters. The van der Waals surface area contributed by atoms with Gasteiger partial charge in [-0.25, -0.2) is 4.98 Å². The number of amides is 1. The summed E-state index contributed by atoms with van der Waals surface area (Å²) in [6, 6.07) is 5.72. The number of ether oxygens (including phenoxy) is 2. The standard InChI is InChI=1S/C18H21F3N4O3/c1-24-8-7-23-17(24)13-10-22-6-9-25(13)16(26)11-27-14-4-2-3-5-15(14)28-12-18(19,20)21/h2-5,7-8,13,22H,6,9-12H2,1H3. The smallest absolute Gasteiger partial charge is 0.422 e. The van der Waals surface area contributed by atoms with Crippen LogP contribution in [0.5, 0.6) is 11.5 Å². The van der Waals surface area contributed by atoms with Gasteiger partial charge in [0.1, 0.15) is 11.9 Å². The first kappa shape index (κ1) is 20.0. The van der Waals surface area contributed by atoms with Crippen LogP contribution in [0.4, 0.5) is 13.2 Å². The maximum absolute atomic E-state index is 12.7. The van der Waals surface area contributed by atoms with Gasteiger partial charge in [-0.1, -0.05) is 12.1 Å². The average molecular weight is 398 g/mol. The van der Waals surface area contributed by atoms with Gasteiger partial charge in [-0.2, -0.15) is 13.2 Å². The number of aryl methyl sites for hydroxylation is 1. The van der Waals surface area contributed by atoms with Crippen LogP contribution in [-0.4, -0.2) is 59.4 Å². The van der Waals surface area contributed by atoms with Crippen LogP contribution < -0.4 is 14.8 Å². The Morgan fingerprint density at radius 3 is 2.64 bits per heavy atom. The Kier molecular flexibility index (Phi) is 6.08. The molecule has 1 aliphatic rings. The third-order valence-electron chi connectivity index (χ3n) is 4.31. The van der Waals surface area contributed by atoms with Gasteiger partial charge in [0.2, 0.25) is 0 Å². The highest BCUT2D eigenvalue weighted by molar-refractivity contribution is 5.78. The number of para-hydroxylation sites is 2. The third-order valence-corrected chi connectivity index (χ3v) is 4.31. The number of carbonyl (C=O) groups is 1. The fraction of sp³-hybridized carbons (Fsp3) is 0.444. The summed E-state index contributed by atoms with van der Waals surface area (Å²) in [5.41, 5.74) is 0. The van der Waals surface area contributed by atoms with Gasteiger partial charge in [-0.15, -0.1) is 0 Å². The summed E-state index contributed by atoms with van der Waals surface area (Å²) in [4.78, 5) is 18.7. The van der Waals surface area contributed by atoms with Crippen molar-refractivity contribution >= 4 is 5.91 Å². The monoisotopic (exact) mass is 398 g/mol. The highest BCUT2D eigenvalue weighted by Gasteiger charge is 2.31. The van der Waals surface area contributed by atoms with Crippen LogP contribution in [0.3, 0.4) is 0 Å². The average Bonchev–Trinajstić information content (AvgIpc) is 3.10. The molecule has 1 saturated heterocycles. The maximum atomic E-state index is 12.7. The summed E-state index contributed by atoms with van der Waals surface area (Å²) in [6.45, 7) is -0.0700. The van der Waals surface area contributed by atoms with Crippen molar-refractivity contribution in [1.82, 2.24) is 19.8 Å². The Balaban J connectivity index is 1.66. The van der Waals surface area contributed by atoms with Gasteiger partial charge in [-0.3, -0.25) is 4.79 Å². The van der Waals surface area contributed by atoms with Crippen LogP contribution in [0.15, 0.2) is 36.7 Å². The lowest BCUT2D eigenvalue weighted by Crippen LogP contribution is -2.50. The summed E-state index contributed by atoms with van der Waals surface area (Å²) >= 11 is 0. The predicted octanol–water partition coefficient (Wildman–Crippen LogP) is 1.91. The van der Waals surface area contributed by atoms with Crippen LogP contribution in [0.25, 0.3) is 0 Å². The van der Waals surface area contributed by atoms with Gasteiger partial charge >= 0.3 is 6.18 Å². The minimum atomic E-state index is -4.46. The molecular formula is C18H21F3N4O3. The lowest BCUT2D eigenvalue weighted by atomic mass is 10.1. The number of rotatable bonds is 6. The molecule has 0 aliphatic carbocycles. The summed E-state index contributed by atoms with van der Waals surface area (Å²) in [5.74, 6) is 0.493. The number of imidazole rings is 1. The summed E-state index contributed by atoms with van der Waals surface area (Å²) < 4.78 is 49.3. The van der Waals surface area contributed by atoms with Gasteiger partial charge in [-0.05, 0) is 12.1 Å². The van der Waals surface area contributed by atoms with E-state index in [0.717, 1.165) is 5.82 Å². The SMILES string of the molecule is Cn1ccnc1C1CNCCN1C(=O)COc1ccccc1OCC(F)(F)F. The Morgan fingerprint density at radius 2 is 2.00 bits per heavy atom. The first-order chi connectivity index (χ1) is 13.3. The number of nitrogens with one attached hydrogen (secondary N) is 1. The number of benzene rings is 1. The number of hydrogen-bond donors (Lipinski definition) is 1. The van der Waals surface area contributed by atoms with Gasteiger partial charge in [0, 0.05) is 39.1 Å². The summed E-state index contributed by atoms with van der Waals surface area (Å²) in [7, 11) is 1.85. The van der Waals surface area contributed by atoms with E-state index in [0.29, 0.717) is 19.6 Å². The van der Waals surface area contributed by atoms with E-state index < -0.39 is 12.8 Å². The van der Waals surface area contributed by atoms with Crippen LogP contribution in [-0.2, 0) is 11.8 Å². The van der Waals surface area contributed by atoms with E-state index in [-0.39, 0.29) is 30.1 Å². The zero-order valence-electron chi connectivity index (χ0n) is 15.3. The highest BCUT2D eigenvalue weighted by atomic mass is 19.4. The van der Waals surface area contributed by atoms with Gasteiger partial charge < -0.3 is 24.3 Å². The van der Waals surface area contributed by atoms with Crippen LogP contribution in [0, 0.1) is 0 Å². The van der Waals surface area contributed by atoms with E-state index in [9.17, 15) is 18.0 Å². The van der Waals surface area contributed by atoms with Crippen molar-refractivity contribution < 1.29 is 27.4 Å². The minimum absolute atomic E-state index is 0.0615. The predicted molar refractivity (Wildman–Crippen MR) is 94.0 cm³/mol. The molecule has 1 aliphatic heterocycles. The van der Waals surface area contributed by atoms with E-state index in [2.05, 4.69) is 10.3 Å². The van der Waals surface area contributed by atoms with E-state index in [1.54, 1.807) is 23.4 Å². The molecule has 1 N–H and O–H groups in total. The van der Waals surface area contributed by atoms with Gasteiger partial charge in [0.15, 0.2) is 24.7 Å². The molecule has 0 radical (unpaired) electrons. The van der Waals surface area contributed by atoms with Crippen molar-refractivity contribution in [2.24, 2.45) is 7.05 Å². The molecule has 3 rings (SSSR count). The summed E-state index contributed by atoms with van der Waals surface area (Å²) in [5, 5.41) is 3.23. The molecule has 7 nitrogen and oxygen atoms in total. The van der Waals surface area contributed by atoms with Crippen LogP contribution in [0.2, 0.25) is 0 Å². The molecule has 2 aromatic rings. The number of hydrogen-bond acceptors (Lipinski definition) is 5. The highest BCUT2D eigenvalue weighted by Crippen LogP contribution is 2.29. The van der Waals surface area contributed by atoms with E-state index in [1.165, 1.54) is 18.2 Å². The van der Waals surface area contributed by atoms with Crippen molar-refractivity contribution in [3.8, 4) is 11.5 Å². The van der Waals surface area contributed by atoms with E-state index in [1.807, 2.05) is 11.6 Å². The molecule has 1 atom stereocenters. The maximum Gasteiger partial charge on any atom is 0.422 e. The second-order valence-corrected chi connectivity index (χ2v) is 6.34. The largest absolute Gasteiger partial charge is 0.480 e. The zero-order valence-corrected chi connectivity index (χ0v) is 15.3. The molecule has 1 aromatic heterocycles. The Bertz CT molecular complexity index is 809. The molecule has 0 spiro atoms. The minimum Gasteiger partial charge on any atom is -0.480 e. The van der Waals surface area contributed by atoms with Crippen LogP contribution in [0.1, 0.15) is 11.9 Å². The number of piperazine rings is 1. The number of nitrogens with zero attached hydrogens (tertiary/aromatic N) is 3. The number of alkyl halides is 3. The molecule has 0 saturated carbocycles. The van der Waals surface area contributed by atoms with E-state index >= 15 is 0 Å². The molecule has 152 valence electrons. The molecule has 1 aromatic carbocycles. The molecule has 0 bridgehead atoms.